The molecule has 2 atom stereocenters. The molecule has 0 heterocycles. The van der Waals surface area contributed by atoms with E-state index in [4.69, 9.17) is 0 Å². The average molecular weight is 211 g/mol. The van der Waals surface area contributed by atoms with E-state index < -0.39 is 0 Å². The van der Waals surface area contributed by atoms with Crippen molar-refractivity contribution in [2.24, 2.45) is 5.92 Å². The molecule has 0 radical (unpaired) electrons. The molecule has 88 valence electrons. The number of aliphatic hydroxyl groups excluding tert-OH is 1. The number of rotatable bonds is 4. The Morgan fingerprint density at radius 2 is 1.80 bits per heavy atom. The van der Waals surface area contributed by atoms with Crippen molar-refractivity contribution >= 4 is 0 Å². The normalized spacial score (nSPS) is 32.6. The Hall–Kier alpha value is -0.0800. The summed E-state index contributed by atoms with van der Waals surface area (Å²) < 4.78 is 0. The lowest BCUT2D eigenvalue weighted by atomic mass is 9.90. The van der Waals surface area contributed by atoms with E-state index in [-0.39, 0.29) is 6.10 Å². The first kappa shape index (κ1) is 11.4. The average Bonchev–Trinajstić information content (AvgIpc) is 2.99. The van der Waals surface area contributed by atoms with Crippen molar-refractivity contribution < 1.29 is 5.11 Å². The molecule has 2 saturated carbocycles. The molecule has 1 N–H and O–H groups in total. The van der Waals surface area contributed by atoms with Crippen LogP contribution in [0.5, 0.6) is 0 Å². The minimum atomic E-state index is -0.0695. The molecule has 0 aromatic heterocycles. The van der Waals surface area contributed by atoms with Crippen molar-refractivity contribution in [3.63, 3.8) is 0 Å². The standard InChI is InChI=1S/C13H25NO/c1-10(2)14(9-11-7-8-11)12-5-3-4-6-13(12)15/h10-13,15H,3-9H2,1-2H3/t12-,13-/m0/s1. The zero-order valence-electron chi connectivity index (χ0n) is 10.2. The molecule has 0 amide bonds. The second-order valence-electron chi connectivity index (χ2n) is 5.65. The lowest BCUT2D eigenvalue weighted by Gasteiger charge is -2.40. The van der Waals surface area contributed by atoms with Crippen molar-refractivity contribution in [3.8, 4) is 0 Å². The van der Waals surface area contributed by atoms with Gasteiger partial charge in [-0.2, -0.15) is 0 Å². The van der Waals surface area contributed by atoms with Crippen LogP contribution in [0.2, 0.25) is 0 Å². The van der Waals surface area contributed by atoms with Gasteiger partial charge in [-0.3, -0.25) is 4.90 Å². The molecule has 2 aliphatic rings. The van der Waals surface area contributed by atoms with Crippen LogP contribution in [0.1, 0.15) is 52.4 Å². The molecule has 2 fully saturated rings. The fourth-order valence-electron chi connectivity index (χ4n) is 2.81. The van der Waals surface area contributed by atoms with Gasteiger partial charge in [-0.05, 0) is 45.4 Å². The largest absolute Gasteiger partial charge is 0.391 e. The Morgan fingerprint density at radius 3 is 2.33 bits per heavy atom. The van der Waals surface area contributed by atoms with Gasteiger partial charge in [-0.25, -0.2) is 0 Å². The second kappa shape index (κ2) is 4.84. The highest BCUT2D eigenvalue weighted by atomic mass is 16.3. The minimum Gasteiger partial charge on any atom is -0.391 e. The summed E-state index contributed by atoms with van der Waals surface area (Å²) in [5, 5.41) is 10.1. The van der Waals surface area contributed by atoms with Gasteiger partial charge in [0.15, 0.2) is 0 Å². The van der Waals surface area contributed by atoms with Gasteiger partial charge in [0.1, 0.15) is 0 Å². The molecule has 2 nitrogen and oxygen atoms in total. The van der Waals surface area contributed by atoms with Gasteiger partial charge in [0.05, 0.1) is 6.10 Å². The third-order valence-corrected chi connectivity index (χ3v) is 3.95. The van der Waals surface area contributed by atoms with Gasteiger partial charge in [0.25, 0.3) is 0 Å². The Labute approximate surface area is 93.7 Å². The van der Waals surface area contributed by atoms with E-state index in [2.05, 4.69) is 18.7 Å². The molecular formula is C13H25NO. The van der Waals surface area contributed by atoms with Gasteiger partial charge in [-0.1, -0.05) is 12.8 Å². The molecule has 2 aliphatic carbocycles. The van der Waals surface area contributed by atoms with Gasteiger partial charge in [0.2, 0.25) is 0 Å². The number of hydrogen-bond donors (Lipinski definition) is 1. The van der Waals surface area contributed by atoms with Crippen LogP contribution in [0.15, 0.2) is 0 Å². The molecule has 0 spiro atoms. The first-order valence-corrected chi connectivity index (χ1v) is 6.62. The van der Waals surface area contributed by atoms with E-state index in [1.54, 1.807) is 0 Å². The smallest absolute Gasteiger partial charge is 0.0695 e. The third kappa shape index (κ3) is 2.94. The Kier molecular flexibility index (Phi) is 3.68. The van der Waals surface area contributed by atoms with E-state index in [9.17, 15) is 5.11 Å². The van der Waals surface area contributed by atoms with Crippen LogP contribution in [-0.2, 0) is 0 Å². The topological polar surface area (TPSA) is 23.5 Å². The van der Waals surface area contributed by atoms with E-state index in [1.807, 2.05) is 0 Å². The van der Waals surface area contributed by atoms with Crippen molar-refractivity contribution in [1.82, 2.24) is 4.90 Å². The SMILES string of the molecule is CC(C)N(CC1CC1)[C@H]1CCCC[C@@H]1O. The minimum absolute atomic E-state index is 0.0695. The molecule has 0 aromatic carbocycles. The summed E-state index contributed by atoms with van der Waals surface area (Å²) in [6, 6.07) is 1.03. The predicted molar refractivity (Wildman–Crippen MR) is 62.8 cm³/mol. The molecule has 0 saturated heterocycles. The zero-order valence-corrected chi connectivity index (χ0v) is 10.2. The number of aliphatic hydroxyl groups is 1. The molecule has 2 heteroatoms. The van der Waals surface area contributed by atoms with E-state index in [0.29, 0.717) is 12.1 Å². The monoisotopic (exact) mass is 211 g/mol. The molecule has 0 aliphatic heterocycles. The van der Waals surface area contributed by atoms with E-state index >= 15 is 0 Å². The van der Waals surface area contributed by atoms with Crippen molar-refractivity contribution in [2.75, 3.05) is 6.54 Å². The molecule has 15 heavy (non-hydrogen) atoms. The van der Waals surface area contributed by atoms with Crippen LogP contribution in [0.25, 0.3) is 0 Å². The molecular weight excluding hydrogens is 186 g/mol. The Balaban J connectivity index is 1.94. The van der Waals surface area contributed by atoms with Crippen molar-refractivity contribution in [3.05, 3.63) is 0 Å². The van der Waals surface area contributed by atoms with Crippen molar-refractivity contribution in [1.29, 1.82) is 0 Å². The molecule has 0 bridgehead atoms. The summed E-state index contributed by atoms with van der Waals surface area (Å²) >= 11 is 0. The highest BCUT2D eigenvalue weighted by Gasteiger charge is 2.34. The highest BCUT2D eigenvalue weighted by molar-refractivity contribution is 4.88. The van der Waals surface area contributed by atoms with Crippen LogP contribution >= 0.6 is 0 Å². The predicted octanol–water partition coefficient (Wildman–Crippen LogP) is 2.41. The fourth-order valence-corrected chi connectivity index (χ4v) is 2.81. The van der Waals surface area contributed by atoms with Crippen LogP contribution in [-0.4, -0.2) is 34.7 Å². The lowest BCUT2D eigenvalue weighted by molar-refractivity contribution is 0.00259. The maximum Gasteiger partial charge on any atom is 0.0695 e. The summed E-state index contributed by atoms with van der Waals surface area (Å²) in [4.78, 5) is 2.56. The number of nitrogens with zero attached hydrogens (tertiary/aromatic N) is 1. The third-order valence-electron chi connectivity index (χ3n) is 3.95. The van der Waals surface area contributed by atoms with Gasteiger partial charge >= 0.3 is 0 Å². The summed E-state index contributed by atoms with van der Waals surface area (Å²) in [6.07, 6.45) is 7.48. The lowest BCUT2D eigenvalue weighted by Crippen LogP contribution is -2.49. The summed E-state index contributed by atoms with van der Waals surface area (Å²) in [7, 11) is 0. The summed E-state index contributed by atoms with van der Waals surface area (Å²) in [5.74, 6) is 0.932. The summed E-state index contributed by atoms with van der Waals surface area (Å²) in [6.45, 7) is 5.76. The number of hydrogen-bond acceptors (Lipinski definition) is 2. The highest BCUT2D eigenvalue weighted by Crippen LogP contribution is 2.33. The van der Waals surface area contributed by atoms with Gasteiger partial charge in [0, 0.05) is 18.6 Å². The van der Waals surface area contributed by atoms with E-state index in [1.165, 1.54) is 38.6 Å². The van der Waals surface area contributed by atoms with Crippen LogP contribution < -0.4 is 0 Å². The van der Waals surface area contributed by atoms with Crippen LogP contribution in [0, 0.1) is 5.92 Å². The molecule has 0 aromatic rings. The first-order chi connectivity index (χ1) is 7.18. The second-order valence-corrected chi connectivity index (χ2v) is 5.65. The maximum absolute atomic E-state index is 10.1. The summed E-state index contributed by atoms with van der Waals surface area (Å²) in [5.41, 5.74) is 0. The molecule has 2 rings (SSSR count). The van der Waals surface area contributed by atoms with Gasteiger partial charge < -0.3 is 5.11 Å². The zero-order chi connectivity index (χ0) is 10.8. The fraction of sp³-hybridized carbons (Fsp3) is 1.00. The van der Waals surface area contributed by atoms with Crippen molar-refractivity contribution in [2.45, 2.75) is 70.6 Å². The maximum atomic E-state index is 10.1. The Morgan fingerprint density at radius 1 is 1.13 bits per heavy atom. The quantitative estimate of drug-likeness (QED) is 0.772. The van der Waals surface area contributed by atoms with Crippen LogP contribution in [0.3, 0.4) is 0 Å². The molecule has 0 unspecified atom stereocenters. The Bertz CT molecular complexity index is 201. The first-order valence-electron chi connectivity index (χ1n) is 6.62. The van der Waals surface area contributed by atoms with E-state index in [0.717, 1.165) is 12.3 Å². The van der Waals surface area contributed by atoms with Crippen LogP contribution in [0.4, 0.5) is 0 Å². The van der Waals surface area contributed by atoms with Gasteiger partial charge in [-0.15, -0.1) is 0 Å².